The van der Waals surface area contributed by atoms with Crippen molar-refractivity contribution in [3.05, 3.63) is 39.4 Å². The van der Waals surface area contributed by atoms with Crippen LogP contribution in [0.1, 0.15) is 29.6 Å². The number of nitrogens with zero attached hydrogens (tertiary/aromatic N) is 1. The van der Waals surface area contributed by atoms with Crippen LogP contribution in [0.25, 0.3) is 0 Å². The van der Waals surface area contributed by atoms with Gasteiger partial charge in [-0.05, 0) is 18.9 Å². The Hall–Kier alpha value is -2.58. The van der Waals surface area contributed by atoms with Crippen LogP contribution in [0.4, 0.5) is 14.5 Å². The molecule has 9 heteroatoms. The van der Waals surface area contributed by atoms with E-state index in [1.54, 1.807) is 0 Å². The van der Waals surface area contributed by atoms with Crippen LogP contribution in [-0.4, -0.2) is 28.5 Å². The first-order chi connectivity index (χ1) is 9.84. The number of nitro benzene ring substituents is 1. The van der Waals surface area contributed by atoms with Crippen molar-refractivity contribution in [2.24, 2.45) is 0 Å². The summed E-state index contributed by atoms with van der Waals surface area (Å²) in [7, 11) is 0. The van der Waals surface area contributed by atoms with Gasteiger partial charge in [-0.15, -0.1) is 0 Å². The first kappa shape index (κ1) is 16.5. The van der Waals surface area contributed by atoms with Gasteiger partial charge in [0, 0.05) is 19.0 Å². The first-order valence-electron chi connectivity index (χ1n) is 5.97. The summed E-state index contributed by atoms with van der Waals surface area (Å²) in [4.78, 5) is 31.4. The molecular weight excluding hydrogens is 290 g/mol. The molecule has 0 bridgehead atoms. The van der Waals surface area contributed by atoms with E-state index < -0.39 is 39.7 Å². The van der Waals surface area contributed by atoms with Gasteiger partial charge in [-0.1, -0.05) is 0 Å². The molecule has 0 aromatic heterocycles. The SMILES string of the molecule is O=C(O)CCCCNC(=O)c1c(F)ccc([N+](=O)[O-])c1F. The third-order valence-electron chi connectivity index (χ3n) is 2.60. The summed E-state index contributed by atoms with van der Waals surface area (Å²) in [5.41, 5.74) is -2.02. The lowest BCUT2D eigenvalue weighted by molar-refractivity contribution is -0.387. The molecule has 0 heterocycles. The monoisotopic (exact) mass is 302 g/mol. The molecule has 0 atom stereocenters. The van der Waals surface area contributed by atoms with E-state index in [4.69, 9.17) is 5.11 Å². The molecule has 0 spiro atoms. The summed E-state index contributed by atoms with van der Waals surface area (Å²) in [6.07, 6.45) is 0.501. The first-order valence-corrected chi connectivity index (χ1v) is 5.97. The molecule has 1 aromatic rings. The van der Waals surface area contributed by atoms with Crippen LogP contribution in [0.15, 0.2) is 12.1 Å². The Morgan fingerprint density at radius 2 is 1.95 bits per heavy atom. The van der Waals surface area contributed by atoms with Gasteiger partial charge < -0.3 is 10.4 Å². The number of halogens is 2. The number of rotatable bonds is 7. The highest BCUT2D eigenvalue weighted by molar-refractivity contribution is 5.95. The molecule has 0 unspecified atom stereocenters. The molecule has 0 saturated heterocycles. The highest BCUT2D eigenvalue weighted by Gasteiger charge is 2.25. The van der Waals surface area contributed by atoms with Gasteiger partial charge in [0.2, 0.25) is 5.82 Å². The van der Waals surface area contributed by atoms with Gasteiger partial charge in [-0.25, -0.2) is 4.39 Å². The number of benzene rings is 1. The smallest absolute Gasteiger partial charge is 0.305 e. The Balaban J connectivity index is 2.72. The van der Waals surface area contributed by atoms with Crippen molar-refractivity contribution in [1.82, 2.24) is 5.32 Å². The third-order valence-corrected chi connectivity index (χ3v) is 2.60. The van der Waals surface area contributed by atoms with E-state index in [-0.39, 0.29) is 19.4 Å². The van der Waals surface area contributed by atoms with Gasteiger partial charge >= 0.3 is 11.7 Å². The minimum absolute atomic E-state index is 0.00762. The summed E-state index contributed by atoms with van der Waals surface area (Å²) < 4.78 is 27.1. The quantitative estimate of drug-likeness (QED) is 0.454. The van der Waals surface area contributed by atoms with E-state index in [0.717, 1.165) is 0 Å². The second kappa shape index (κ2) is 7.27. The van der Waals surface area contributed by atoms with Crippen molar-refractivity contribution in [2.75, 3.05) is 6.54 Å². The molecular formula is C12H12F2N2O5. The molecule has 2 N–H and O–H groups in total. The highest BCUT2D eigenvalue weighted by Crippen LogP contribution is 2.22. The maximum Gasteiger partial charge on any atom is 0.305 e. The van der Waals surface area contributed by atoms with Crippen molar-refractivity contribution in [2.45, 2.75) is 19.3 Å². The molecule has 0 aliphatic carbocycles. The zero-order valence-electron chi connectivity index (χ0n) is 10.8. The summed E-state index contributed by atoms with van der Waals surface area (Å²) in [6.45, 7) is 0.00762. The number of amides is 1. The maximum atomic E-state index is 13.7. The Morgan fingerprint density at radius 3 is 2.52 bits per heavy atom. The highest BCUT2D eigenvalue weighted by atomic mass is 19.1. The summed E-state index contributed by atoms with van der Waals surface area (Å²) >= 11 is 0. The molecule has 114 valence electrons. The Labute approximate surface area is 117 Å². The summed E-state index contributed by atoms with van der Waals surface area (Å²) in [6, 6.07) is 1.27. The van der Waals surface area contributed by atoms with Crippen LogP contribution in [-0.2, 0) is 4.79 Å². The fourth-order valence-corrected chi connectivity index (χ4v) is 1.58. The lowest BCUT2D eigenvalue weighted by atomic mass is 10.1. The molecule has 1 aromatic carbocycles. The van der Waals surface area contributed by atoms with Crippen LogP contribution < -0.4 is 5.32 Å². The zero-order valence-corrected chi connectivity index (χ0v) is 10.8. The predicted octanol–water partition coefficient (Wildman–Crippen LogP) is 1.86. The lowest BCUT2D eigenvalue weighted by Gasteiger charge is -2.07. The number of hydrogen-bond donors (Lipinski definition) is 2. The van der Waals surface area contributed by atoms with Crippen molar-refractivity contribution >= 4 is 17.6 Å². The van der Waals surface area contributed by atoms with Gasteiger partial charge in [0.05, 0.1) is 4.92 Å². The van der Waals surface area contributed by atoms with Gasteiger partial charge in [-0.3, -0.25) is 19.7 Å². The predicted molar refractivity (Wildman–Crippen MR) is 66.8 cm³/mol. The molecule has 21 heavy (non-hydrogen) atoms. The molecule has 0 radical (unpaired) electrons. The van der Waals surface area contributed by atoms with Crippen LogP contribution in [0.3, 0.4) is 0 Å². The normalized spacial score (nSPS) is 10.2. The third kappa shape index (κ3) is 4.48. The van der Waals surface area contributed by atoms with Crippen LogP contribution in [0.2, 0.25) is 0 Å². The standard InChI is InChI=1S/C12H12F2N2O5/c13-7-4-5-8(16(20)21)11(14)10(7)12(19)15-6-2-1-3-9(17)18/h4-5H,1-3,6H2,(H,15,19)(H,17,18). The van der Waals surface area contributed by atoms with Crippen molar-refractivity contribution in [1.29, 1.82) is 0 Å². The molecule has 7 nitrogen and oxygen atoms in total. The Bertz CT molecular complexity index is 577. The topological polar surface area (TPSA) is 110 Å². The second-order valence-electron chi connectivity index (χ2n) is 4.12. The van der Waals surface area contributed by atoms with Crippen LogP contribution >= 0.6 is 0 Å². The average molecular weight is 302 g/mol. The van der Waals surface area contributed by atoms with Crippen LogP contribution in [0.5, 0.6) is 0 Å². The molecule has 1 amide bonds. The number of nitrogens with one attached hydrogen (secondary N) is 1. The largest absolute Gasteiger partial charge is 0.481 e. The average Bonchev–Trinajstić information content (AvgIpc) is 2.37. The van der Waals surface area contributed by atoms with Crippen LogP contribution in [0, 0.1) is 21.7 Å². The number of carboxylic acid groups (broad SMARTS) is 1. The number of hydrogen-bond acceptors (Lipinski definition) is 4. The number of carbonyl (C=O) groups excluding carboxylic acids is 1. The van der Waals surface area contributed by atoms with E-state index in [1.165, 1.54) is 0 Å². The zero-order chi connectivity index (χ0) is 16.0. The minimum Gasteiger partial charge on any atom is -0.481 e. The van der Waals surface area contributed by atoms with E-state index in [0.29, 0.717) is 18.6 Å². The van der Waals surface area contributed by atoms with Gasteiger partial charge in [0.25, 0.3) is 5.91 Å². The number of carbonyl (C=O) groups is 2. The van der Waals surface area contributed by atoms with Gasteiger partial charge in [0.1, 0.15) is 11.4 Å². The molecule has 0 saturated carbocycles. The van der Waals surface area contributed by atoms with E-state index in [1.807, 2.05) is 0 Å². The number of carboxylic acids is 1. The number of nitro groups is 1. The van der Waals surface area contributed by atoms with Gasteiger partial charge in [-0.2, -0.15) is 4.39 Å². The molecule has 1 rings (SSSR count). The molecule has 0 aliphatic rings. The summed E-state index contributed by atoms with van der Waals surface area (Å²) in [5, 5.41) is 21.1. The van der Waals surface area contributed by atoms with E-state index in [2.05, 4.69) is 5.32 Å². The van der Waals surface area contributed by atoms with E-state index >= 15 is 0 Å². The summed E-state index contributed by atoms with van der Waals surface area (Å²) in [5.74, 6) is -4.86. The lowest BCUT2D eigenvalue weighted by Crippen LogP contribution is -2.27. The van der Waals surface area contributed by atoms with Crippen molar-refractivity contribution in [3.63, 3.8) is 0 Å². The van der Waals surface area contributed by atoms with E-state index in [9.17, 15) is 28.5 Å². The fourth-order valence-electron chi connectivity index (χ4n) is 1.58. The number of aliphatic carboxylic acids is 1. The Kier molecular flexibility index (Phi) is 5.70. The second-order valence-corrected chi connectivity index (χ2v) is 4.12. The fraction of sp³-hybridized carbons (Fsp3) is 0.333. The number of unbranched alkanes of at least 4 members (excludes halogenated alkanes) is 1. The maximum absolute atomic E-state index is 13.7. The van der Waals surface area contributed by atoms with Crippen molar-refractivity contribution in [3.8, 4) is 0 Å². The Morgan fingerprint density at radius 1 is 1.29 bits per heavy atom. The molecule has 0 fully saturated rings. The minimum atomic E-state index is -1.54. The van der Waals surface area contributed by atoms with Crippen molar-refractivity contribution < 1.29 is 28.4 Å². The molecule has 0 aliphatic heterocycles. The van der Waals surface area contributed by atoms with Gasteiger partial charge in [0.15, 0.2) is 0 Å².